The molecule has 0 radical (unpaired) electrons. The standard InChI is InChI=1S/C21H27N5O3/c1-29-16-4-11-23-21(24-18-8-6-17(7-9-18)20(27)28)26-14-12-25(13-15-26)19-5-2-3-10-22-19/h2-3,5-10H,4,11-16H2,1H3,(H,23,24)(H,27,28). The van der Waals surface area contributed by atoms with Gasteiger partial charge in [-0.05, 0) is 42.8 Å². The Balaban J connectivity index is 1.66. The van der Waals surface area contributed by atoms with E-state index in [-0.39, 0.29) is 5.56 Å². The number of piperazine rings is 1. The quantitative estimate of drug-likeness (QED) is 0.421. The molecule has 1 aromatic heterocycles. The number of aromatic nitrogens is 1. The van der Waals surface area contributed by atoms with Crippen molar-refractivity contribution in [3.63, 3.8) is 0 Å². The van der Waals surface area contributed by atoms with Crippen LogP contribution in [0.2, 0.25) is 0 Å². The maximum Gasteiger partial charge on any atom is 0.335 e. The number of hydrogen-bond donors (Lipinski definition) is 2. The highest BCUT2D eigenvalue weighted by Crippen LogP contribution is 2.15. The Hall–Kier alpha value is -3.13. The van der Waals surface area contributed by atoms with E-state index in [1.807, 2.05) is 24.4 Å². The number of guanidine groups is 1. The molecular formula is C21H27N5O3. The average molecular weight is 397 g/mol. The van der Waals surface area contributed by atoms with Gasteiger partial charge in [0.15, 0.2) is 5.96 Å². The van der Waals surface area contributed by atoms with Crippen molar-refractivity contribution in [2.75, 3.05) is 56.7 Å². The fourth-order valence-electron chi connectivity index (χ4n) is 3.13. The highest BCUT2D eigenvalue weighted by atomic mass is 16.5. The van der Waals surface area contributed by atoms with Crippen molar-refractivity contribution < 1.29 is 14.6 Å². The molecule has 2 aromatic rings. The van der Waals surface area contributed by atoms with Crippen molar-refractivity contribution in [2.24, 2.45) is 4.99 Å². The summed E-state index contributed by atoms with van der Waals surface area (Å²) < 4.78 is 5.11. The fraction of sp³-hybridized carbons (Fsp3) is 0.381. The largest absolute Gasteiger partial charge is 0.478 e. The molecule has 8 nitrogen and oxygen atoms in total. The van der Waals surface area contributed by atoms with Crippen LogP contribution < -0.4 is 10.2 Å². The molecule has 0 spiro atoms. The maximum atomic E-state index is 11.1. The lowest BCUT2D eigenvalue weighted by Gasteiger charge is -2.37. The zero-order valence-corrected chi connectivity index (χ0v) is 16.6. The molecule has 2 heterocycles. The van der Waals surface area contributed by atoms with Gasteiger partial charge in [-0.25, -0.2) is 9.78 Å². The zero-order chi connectivity index (χ0) is 20.5. The molecule has 0 atom stereocenters. The van der Waals surface area contributed by atoms with Gasteiger partial charge in [-0.2, -0.15) is 0 Å². The second-order valence-corrected chi connectivity index (χ2v) is 6.72. The van der Waals surface area contributed by atoms with Gasteiger partial charge < -0.3 is 25.0 Å². The first-order chi connectivity index (χ1) is 14.2. The Labute approximate surface area is 170 Å². The molecule has 0 saturated carbocycles. The number of ether oxygens (including phenoxy) is 1. The van der Waals surface area contributed by atoms with Gasteiger partial charge in [-0.1, -0.05) is 6.07 Å². The first kappa shape index (κ1) is 20.6. The van der Waals surface area contributed by atoms with Gasteiger partial charge in [0.2, 0.25) is 0 Å². The van der Waals surface area contributed by atoms with Gasteiger partial charge in [-0.3, -0.25) is 4.99 Å². The van der Waals surface area contributed by atoms with E-state index in [9.17, 15) is 4.79 Å². The molecule has 0 bridgehead atoms. The minimum Gasteiger partial charge on any atom is -0.478 e. The highest BCUT2D eigenvalue weighted by molar-refractivity contribution is 5.94. The van der Waals surface area contributed by atoms with Crippen molar-refractivity contribution in [3.05, 3.63) is 54.2 Å². The molecule has 1 aromatic carbocycles. The predicted molar refractivity (Wildman–Crippen MR) is 114 cm³/mol. The number of carboxylic acid groups (broad SMARTS) is 1. The number of hydrogen-bond acceptors (Lipinski definition) is 5. The Morgan fingerprint density at radius 2 is 1.93 bits per heavy atom. The molecule has 1 aliphatic rings. The molecule has 29 heavy (non-hydrogen) atoms. The second-order valence-electron chi connectivity index (χ2n) is 6.72. The van der Waals surface area contributed by atoms with Crippen molar-refractivity contribution in [1.29, 1.82) is 0 Å². The number of benzene rings is 1. The van der Waals surface area contributed by atoms with Crippen LogP contribution in [0.25, 0.3) is 0 Å². The number of pyridine rings is 1. The van der Waals surface area contributed by atoms with E-state index in [2.05, 4.69) is 20.1 Å². The van der Waals surface area contributed by atoms with Crippen LogP contribution in [0, 0.1) is 0 Å². The van der Waals surface area contributed by atoms with E-state index in [0.29, 0.717) is 13.2 Å². The molecule has 1 aliphatic heterocycles. The molecule has 0 amide bonds. The van der Waals surface area contributed by atoms with Crippen LogP contribution in [-0.4, -0.2) is 73.4 Å². The highest BCUT2D eigenvalue weighted by Gasteiger charge is 2.21. The number of aliphatic imine (C=N–C) groups is 1. The van der Waals surface area contributed by atoms with Gasteiger partial charge in [0.25, 0.3) is 0 Å². The molecule has 2 N–H and O–H groups in total. The first-order valence-corrected chi connectivity index (χ1v) is 9.72. The smallest absolute Gasteiger partial charge is 0.335 e. The summed E-state index contributed by atoms with van der Waals surface area (Å²) in [5.74, 6) is 0.850. The van der Waals surface area contributed by atoms with Crippen molar-refractivity contribution in [1.82, 2.24) is 9.88 Å². The van der Waals surface area contributed by atoms with E-state index in [1.165, 1.54) is 0 Å². The molecule has 0 aliphatic carbocycles. The third-order valence-corrected chi connectivity index (χ3v) is 4.71. The lowest BCUT2D eigenvalue weighted by Crippen LogP contribution is -2.51. The number of carboxylic acids is 1. The minimum atomic E-state index is -0.935. The van der Waals surface area contributed by atoms with Crippen molar-refractivity contribution in [2.45, 2.75) is 6.42 Å². The van der Waals surface area contributed by atoms with Crippen LogP contribution in [0.15, 0.2) is 53.7 Å². The summed E-state index contributed by atoms with van der Waals surface area (Å²) in [5, 5.41) is 12.4. The van der Waals surface area contributed by atoms with Gasteiger partial charge >= 0.3 is 5.97 Å². The third kappa shape index (κ3) is 5.92. The number of methoxy groups -OCH3 is 1. The van der Waals surface area contributed by atoms with Crippen LogP contribution >= 0.6 is 0 Å². The summed E-state index contributed by atoms with van der Waals surface area (Å²) in [6.07, 6.45) is 2.65. The molecule has 1 saturated heterocycles. The van der Waals surface area contributed by atoms with Crippen LogP contribution in [0.4, 0.5) is 11.5 Å². The summed E-state index contributed by atoms with van der Waals surface area (Å²) in [7, 11) is 1.68. The lowest BCUT2D eigenvalue weighted by atomic mass is 10.2. The van der Waals surface area contributed by atoms with E-state index in [0.717, 1.165) is 50.1 Å². The molecule has 154 valence electrons. The Bertz CT molecular complexity index is 803. The fourth-order valence-corrected chi connectivity index (χ4v) is 3.13. The van der Waals surface area contributed by atoms with Crippen LogP contribution in [0.1, 0.15) is 16.8 Å². The van der Waals surface area contributed by atoms with Crippen molar-refractivity contribution in [3.8, 4) is 0 Å². The molecular weight excluding hydrogens is 370 g/mol. The monoisotopic (exact) mass is 397 g/mol. The van der Waals surface area contributed by atoms with Crippen LogP contribution in [0.3, 0.4) is 0 Å². The van der Waals surface area contributed by atoms with Gasteiger partial charge in [0, 0.05) is 58.3 Å². The second kappa shape index (κ2) is 10.4. The summed E-state index contributed by atoms with van der Waals surface area (Å²) in [4.78, 5) is 24.7. The molecule has 3 rings (SSSR count). The Morgan fingerprint density at radius 1 is 1.17 bits per heavy atom. The van der Waals surface area contributed by atoms with E-state index in [4.69, 9.17) is 14.8 Å². The first-order valence-electron chi connectivity index (χ1n) is 9.72. The number of anilines is 2. The maximum absolute atomic E-state index is 11.1. The van der Waals surface area contributed by atoms with Crippen molar-refractivity contribution >= 4 is 23.4 Å². The Kier molecular flexibility index (Phi) is 7.40. The van der Waals surface area contributed by atoms with E-state index < -0.39 is 5.97 Å². The number of rotatable bonds is 7. The number of aromatic carboxylic acids is 1. The lowest BCUT2D eigenvalue weighted by molar-refractivity contribution is 0.0697. The number of carbonyl (C=O) groups is 1. The SMILES string of the molecule is COCCCN=C(Nc1ccc(C(=O)O)cc1)N1CCN(c2ccccn2)CC1. The third-order valence-electron chi connectivity index (χ3n) is 4.71. The van der Waals surface area contributed by atoms with E-state index >= 15 is 0 Å². The average Bonchev–Trinajstić information content (AvgIpc) is 2.77. The molecule has 1 fully saturated rings. The molecule has 0 unspecified atom stereocenters. The minimum absolute atomic E-state index is 0.262. The van der Waals surface area contributed by atoms with Gasteiger partial charge in [-0.15, -0.1) is 0 Å². The topological polar surface area (TPSA) is 90.3 Å². The number of nitrogens with zero attached hydrogens (tertiary/aromatic N) is 4. The van der Waals surface area contributed by atoms with Crippen LogP contribution in [0.5, 0.6) is 0 Å². The van der Waals surface area contributed by atoms with Crippen LogP contribution in [-0.2, 0) is 4.74 Å². The van der Waals surface area contributed by atoms with E-state index in [1.54, 1.807) is 31.4 Å². The normalized spacial score (nSPS) is 14.7. The summed E-state index contributed by atoms with van der Waals surface area (Å²) >= 11 is 0. The predicted octanol–water partition coefficient (Wildman–Crippen LogP) is 2.41. The van der Waals surface area contributed by atoms with Gasteiger partial charge in [0.05, 0.1) is 5.56 Å². The number of nitrogens with one attached hydrogen (secondary N) is 1. The zero-order valence-electron chi connectivity index (χ0n) is 16.6. The molecule has 8 heteroatoms. The summed E-state index contributed by atoms with van der Waals surface area (Å²) in [5.41, 5.74) is 1.07. The Morgan fingerprint density at radius 3 is 2.55 bits per heavy atom. The summed E-state index contributed by atoms with van der Waals surface area (Å²) in [6, 6.07) is 12.6. The summed E-state index contributed by atoms with van der Waals surface area (Å²) in [6.45, 7) is 4.67. The van der Waals surface area contributed by atoms with Gasteiger partial charge in [0.1, 0.15) is 5.82 Å².